The third-order valence-corrected chi connectivity index (χ3v) is 3.05. The van der Waals surface area contributed by atoms with Crippen molar-refractivity contribution in [3.05, 3.63) is 33.3 Å². The standard InChI is InChI=1S/C10H11BrClNO2/c11-6-1-2-8(9(12)3-6)10-14-5-7(4-13)15-10/h1-3,7,10H,4-5,13H2. The van der Waals surface area contributed by atoms with Crippen LogP contribution in [0.15, 0.2) is 22.7 Å². The molecule has 1 heterocycles. The maximum atomic E-state index is 6.08. The van der Waals surface area contributed by atoms with Gasteiger partial charge in [0.25, 0.3) is 0 Å². The molecule has 2 unspecified atom stereocenters. The van der Waals surface area contributed by atoms with Gasteiger partial charge in [0.15, 0.2) is 6.29 Å². The molecule has 1 aliphatic heterocycles. The van der Waals surface area contributed by atoms with Gasteiger partial charge in [0.05, 0.1) is 12.7 Å². The average Bonchev–Trinajstić information content (AvgIpc) is 2.66. The van der Waals surface area contributed by atoms with Crippen molar-refractivity contribution in [2.45, 2.75) is 12.4 Å². The van der Waals surface area contributed by atoms with E-state index in [0.29, 0.717) is 18.2 Å². The SMILES string of the molecule is NCC1COC(c2ccc(Br)cc2Cl)O1. The molecule has 5 heteroatoms. The zero-order valence-electron chi connectivity index (χ0n) is 7.95. The van der Waals surface area contributed by atoms with Crippen molar-refractivity contribution in [1.29, 1.82) is 0 Å². The van der Waals surface area contributed by atoms with Gasteiger partial charge in [-0.3, -0.25) is 0 Å². The van der Waals surface area contributed by atoms with Gasteiger partial charge in [0.2, 0.25) is 0 Å². The number of hydrogen-bond acceptors (Lipinski definition) is 3. The number of rotatable bonds is 2. The highest BCUT2D eigenvalue weighted by molar-refractivity contribution is 9.10. The quantitative estimate of drug-likeness (QED) is 0.911. The van der Waals surface area contributed by atoms with Crippen molar-refractivity contribution >= 4 is 27.5 Å². The topological polar surface area (TPSA) is 44.5 Å². The van der Waals surface area contributed by atoms with Gasteiger partial charge in [-0.2, -0.15) is 0 Å². The van der Waals surface area contributed by atoms with E-state index in [1.54, 1.807) is 0 Å². The lowest BCUT2D eigenvalue weighted by Gasteiger charge is -2.12. The van der Waals surface area contributed by atoms with Gasteiger partial charge < -0.3 is 15.2 Å². The summed E-state index contributed by atoms with van der Waals surface area (Å²) in [6.45, 7) is 0.984. The molecule has 2 rings (SSSR count). The molecule has 82 valence electrons. The van der Waals surface area contributed by atoms with Gasteiger partial charge in [-0.25, -0.2) is 0 Å². The van der Waals surface area contributed by atoms with Crippen LogP contribution in [-0.4, -0.2) is 19.3 Å². The lowest BCUT2D eigenvalue weighted by atomic mass is 10.2. The van der Waals surface area contributed by atoms with E-state index in [1.807, 2.05) is 18.2 Å². The van der Waals surface area contributed by atoms with E-state index >= 15 is 0 Å². The van der Waals surface area contributed by atoms with Gasteiger partial charge in [-0.1, -0.05) is 33.6 Å². The molecule has 0 radical (unpaired) electrons. The molecule has 0 bridgehead atoms. The summed E-state index contributed by atoms with van der Waals surface area (Å²) < 4.78 is 12.0. The van der Waals surface area contributed by atoms with Crippen molar-refractivity contribution in [1.82, 2.24) is 0 Å². The summed E-state index contributed by atoms with van der Waals surface area (Å²) in [5.41, 5.74) is 6.33. The number of ether oxygens (including phenoxy) is 2. The summed E-state index contributed by atoms with van der Waals surface area (Å²) in [4.78, 5) is 0. The van der Waals surface area contributed by atoms with Crippen molar-refractivity contribution < 1.29 is 9.47 Å². The first-order valence-electron chi connectivity index (χ1n) is 4.63. The fourth-order valence-corrected chi connectivity index (χ4v) is 2.19. The van der Waals surface area contributed by atoms with Crippen LogP contribution in [-0.2, 0) is 9.47 Å². The van der Waals surface area contributed by atoms with E-state index < -0.39 is 0 Å². The largest absolute Gasteiger partial charge is 0.346 e. The first kappa shape index (κ1) is 11.4. The zero-order valence-corrected chi connectivity index (χ0v) is 10.3. The molecule has 2 N–H and O–H groups in total. The van der Waals surface area contributed by atoms with Crippen LogP contribution >= 0.6 is 27.5 Å². The highest BCUT2D eigenvalue weighted by atomic mass is 79.9. The van der Waals surface area contributed by atoms with E-state index in [0.717, 1.165) is 10.0 Å². The number of hydrogen-bond donors (Lipinski definition) is 1. The molecule has 0 saturated carbocycles. The summed E-state index contributed by atoms with van der Waals surface area (Å²) in [6.07, 6.45) is -0.422. The van der Waals surface area contributed by atoms with Crippen molar-refractivity contribution in [3.8, 4) is 0 Å². The van der Waals surface area contributed by atoms with Crippen LogP contribution in [0, 0.1) is 0 Å². The van der Waals surface area contributed by atoms with Crippen LogP contribution < -0.4 is 5.73 Å². The molecule has 3 nitrogen and oxygen atoms in total. The maximum absolute atomic E-state index is 6.08. The van der Waals surface area contributed by atoms with E-state index in [-0.39, 0.29) is 12.4 Å². The summed E-state index contributed by atoms with van der Waals surface area (Å²) in [5, 5.41) is 0.632. The van der Waals surface area contributed by atoms with Crippen molar-refractivity contribution in [3.63, 3.8) is 0 Å². The van der Waals surface area contributed by atoms with Crippen molar-refractivity contribution in [2.24, 2.45) is 5.73 Å². The predicted molar refractivity (Wildman–Crippen MR) is 61.8 cm³/mol. The Kier molecular flexibility index (Phi) is 3.64. The molecule has 0 spiro atoms. The Balaban J connectivity index is 2.17. The average molecular weight is 293 g/mol. The molecular weight excluding hydrogens is 281 g/mol. The molecule has 2 atom stereocenters. The molecule has 0 aliphatic carbocycles. The Labute approximate surface area is 102 Å². The Morgan fingerprint density at radius 3 is 2.93 bits per heavy atom. The minimum atomic E-state index is -0.390. The van der Waals surface area contributed by atoms with E-state index in [4.69, 9.17) is 26.8 Å². The Hall–Kier alpha value is -0.130. The molecule has 1 aliphatic rings. The molecule has 1 aromatic carbocycles. The van der Waals surface area contributed by atoms with Crippen LogP contribution in [0.4, 0.5) is 0 Å². The molecular formula is C10H11BrClNO2. The Morgan fingerprint density at radius 2 is 2.33 bits per heavy atom. The van der Waals surface area contributed by atoms with Crippen molar-refractivity contribution in [2.75, 3.05) is 13.2 Å². The molecule has 0 aromatic heterocycles. The fourth-order valence-electron chi connectivity index (χ4n) is 1.43. The number of nitrogens with two attached hydrogens (primary N) is 1. The molecule has 0 amide bonds. The molecule has 15 heavy (non-hydrogen) atoms. The minimum absolute atomic E-state index is 0.0327. The first-order chi connectivity index (χ1) is 7.20. The Bertz CT molecular complexity index is 361. The van der Waals surface area contributed by atoms with Crippen LogP contribution in [0.3, 0.4) is 0 Å². The van der Waals surface area contributed by atoms with Gasteiger partial charge >= 0.3 is 0 Å². The maximum Gasteiger partial charge on any atom is 0.185 e. The van der Waals surface area contributed by atoms with Gasteiger partial charge in [-0.15, -0.1) is 0 Å². The fraction of sp³-hybridized carbons (Fsp3) is 0.400. The third kappa shape index (κ3) is 2.52. The van der Waals surface area contributed by atoms with E-state index in [1.165, 1.54) is 0 Å². The Morgan fingerprint density at radius 1 is 1.53 bits per heavy atom. The second kappa shape index (κ2) is 4.80. The highest BCUT2D eigenvalue weighted by Crippen LogP contribution is 2.33. The zero-order chi connectivity index (χ0) is 10.8. The van der Waals surface area contributed by atoms with Gasteiger partial charge in [0.1, 0.15) is 0 Å². The van der Waals surface area contributed by atoms with Crippen LogP contribution in [0.25, 0.3) is 0 Å². The smallest absolute Gasteiger partial charge is 0.185 e. The monoisotopic (exact) mass is 291 g/mol. The summed E-state index contributed by atoms with van der Waals surface area (Å²) >= 11 is 9.42. The predicted octanol–water partition coefficient (Wildman–Crippen LogP) is 2.48. The highest BCUT2D eigenvalue weighted by Gasteiger charge is 2.27. The van der Waals surface area contributed by atoms with Crippen LogP contribution in [0.5, 0.6) is 0 Å². The minimum Gasteiger partial charge on any atom is -0.346 e. The number of benzene rings is 1. The molecule has 1 aromatic rings. The van der Waals surface area contributed by atoms with E-state index in [2.05, 4.69) is 15.9 Å². The molecule has 1 fully saturated rings. The summed E-state index contributed by atoms with van der Waals surface area (Å²) in [7, 11) is 0. The van der Waals surface area contributed by atoms with Gasteiger partial charge in [-0.05, 0) is 12.1 Å². The number of halogens is 2. The lowest BCUT2D eigenvalue weighted by molar-refractivity contribution is -0.0584. The third-order valence-electron chi connectivity index (χ3n) is 2.23. The summed E-state index contributed by atoms with van der Waals surface area (Å²) in [6, 6.07) is 5.61. The second-order valence-electron chi connectivity index (χ2n) is 3.32. The van der Waals surface area contributed by atoms with Crippen LogP contribution in [0.2, 0.25) is 5.02 Å². The van der Waals surface area contributed by atoms with Gasteiger partial charge in [0, 0.05) is 21.6 Å². The van der Waals surface area contributed by atoms with Crippen LogP contribution in [0.1, 0.15) is 11.9 Å². The lowest BCUT2D eigenvalue weighted by Crippen LogP contribution is -2.21. The van der Waals surface area contributed by atoms with E-state index in [9.17, 15) is 0 Å². The molecule has 1 saturated heterocycles. The summed E-state index contributed by atoms with van der Waals surface area (Å²) in [5.74, 6) is 0. The first-order valence-corrected chi connectivity index (χ1v) is 5.80. The normalized spacial score (nSPS) is 25.8. The second-order valence-corrected chi connectivity index (χ2v) is 4.65.